The van der Waals surface area contributed by atoms with E-state index in [0.29, 0.717) is 72.2 Å². The fourth-order valence-corrected chi connectivity index (χ4v) is 5.49. The van der Waals surface area contributed by atoms with Gasteiger partial charge in [-0.1, -0.05) is 18.2 Å². The summed E-state index contributed by atoms with van der Waals surface area (Å²) in [4.78, 5) is 41.6. The van der Waals surface area contributed by atoms with E-state index in [1.165, 1.54) is 0 Å². The maximum Gasteiger partial charge on any atom is 0.258 e. The van der Waals surface area contributed by atoms with Crippen molar-refractivity contribution in [1.29, 1.82) is 0 Å². The number of ether oxygens (including phenoxy) is 5. The van der Waals surface area contributed by atoms with E-state index in [9.17, 15) is 14.4 Å². The fraction of sp³-hybridized carbons (Fsp3) is 0.364. The second-order valence-corrected chi connectivity index (χ2v) is 11.4. The van der Waals surface area contributed by atoms with Crippen molar-refractivity contribution in [2.75, 3.05) is 39.5 Å². The molecule has 11 nitrogen and oxygen atoms in total. The van der Waals surface area contributed by atoms with Crippen molar-refractivity contribution < 1.29 is 38.1 Å². The topological polar surface area (TPSA) is 125 Å². The average Bonchev–Trinajstić information content (AvgIpc) is 3.81. The molecule has 1 aliphatic carbocycles. The maximum absolute atomic E-state index is 13.8. The van der Waals surface area contributed by atoms with E-state index in [2.05, 4.69) is 10.6 Å². The van der Waals surface area contributed by atoms with Crippen molar-refractivity contribution in [3.05, 3.63) is 77.4 Å². The first-order valence-electron chi connectivity index (χ1n) is 14.9. The normalized spacial score (nSPS) is 21.2. The van der Waals surface area contributed by atoms with E-state index in [-0.39, 0.29) is 37.4 Å². The summed E-state index contributed by atoms with van der Waals surface area (Å²) in [5, 5.41) is 5.93. The summed E-state index contributed by atoms with van der Waals surface area (Å²) in [7, 11) is 0. The second-order valence-electron chi connectivity index (χ2n) is 11.4. The number of carbonyl (C=O) groups excluding carboxylic acids is 3. The zero-order valence-corrected chi connectivity index (χ0v) is 24.1. The first-order chi connectivity index (χ1) is 21.5. The van der Waals surface area contributed by atoms with Crippen LogP contribution in [-0.2, 0) is 11.3 Å². The number of para-hydroxylation sites is 1. The van der Waals surface area contributed by atoms with Gasteiger partial charge in [0.05, 0.1) is 24.8 Å². The number of nitrogens with zero attached hydrogens (tertiary/aromatic N) is 1. The van der Waals surface area contributed by atoms with Gasteiger partial charge in [0.1, 0.15) is 36.6 Å². The molecule has 3 aromatic carbocycles. The number of benzene rings is 3. The summed E-state index contributed by atoms with van der Waals surface area (Å²) in [5.74, 6) is 1.98. The molecular weight excluding hydrogens is 566 g/mol. The molecule has 1 saturated heterocycles. The first kappa shape index (κ1) is 27.9. The Kier molecular flexibility index (Phi) is 7.59. The molecule has 5 aliphatic rings. The van der Waals surface area contributed by atoms with Gasteiger partial charge in [0.2, 0.25) is 0 Å². The van der Waals surface area contributed by atoms with Gasteiger partial charge in [-0.05, 0) is 60.7 Å². The Morgan fingerprint density at radius 3 is 2.61 bits per heavy atom. The molecule has 11 heteroatoms. The van der Waals surface area contributed by atoms with Crippen LogP contribution in [0.4, 0.5) is 0 Å². The predicted molar refractivity (Wildman–Crippen MR) is 157 cm³/mol. The van der Waals surface area contributed by atoms with Crippen molar-refractivity contribution in [3.8, 4) is 28.7 Å². The van der Waals surface area contributed by atoms with Crippen LogP contribution in [0.25, 0.3) is 0 Å². The summed E-state index contributed by atoms with van der Waals surface area (Å²) < 4.78 is 29.6. The summed E-state index contributed by atoms with van der Waals surface area (Å²) in [6.45, 7) is 1.89. The Bertz CT molecular complexity index is 1570. The highest BCUT2D eigenvalue weighted by Gasteiger charge is 2.39. The summed E-state index contributed by atoms with van der Waals surface area (Å²) in [6, 6.07) is 17.0. The van der Waals surface area contributed by atoms with E-state index in [4.69, 9.17) is 23.7 Å². The predicted octanol–water partition coefficient (Wildman–Crippen LogP) is 2.96. The van der Waals surface area contributed by atoms with E-state index < -0.39 is 12.1 Å². The summed E-state index contributed by atoms with van der Waals surface area (Å²) in [6.07, 6.45) is 1.70. The highest BCUT2D eigenvalue weighted by Crippen LogP contribution is 2.35. The zero-order chi connectivity index (χ0) is 30.0. The monoisotopic (exact) mass is 599 g/mol. The average molecular weight is 600 g/mol. The van der Waals surface area contributed by atoms with Gasteiger partial charge < -0.3 is 39.2 Å². The lowest BCUT2D eigenvalue weighted by Gasteiger charge is -2.23. The number of rotatable bonds is 4. The number of nitrogens with one attached hydrogen (secondary N) is 2. The minimum absolute atomic E-state index is 0.214. The maximum atomic E-state index is 13.8. The number of carbonyl (C=O) groups is 3. The SMILES string of the molecule is O=C1COc2cc(OCC3CC3)cc(c2)C(=O)N[C@H]2CN(C(=O)c3cccc4c3OCCO4)C[C@@H]2Oc2ccc(cc2)CN1. The molecule has 2 fully saturated rings. The molecule has 4 aliphatic heterocycles. The molecule has 0 unspecified atom stereocenters. The van der Waals surface area contributed by atoms with Crippen molar-refractivity contribution >= 4 is 17.7 Å². The Morgan fingerprint density at radius 1 is 0.932 bits per heavy atom. The van der Waals surface area contributed by atoms with Crippen LogP contribution in [0.3, 0.4) is 0 Å². The lowest BCUT2D eigenvalue weighted by atomic mass is 10.1. The van der Waals surface area contributed by atoms with Gasteiger partial charge >= 0.3 is 0 Å². The van der Waals surface area contributed by atoms with Gasteiger partial charge in [0.25, 0.3) is 17.7 Å². The third kappa shape index (κ3) is 6.22. The van der Waals surface area contributed by atoms with Crippen LogP contribution < -0.4 is 34.3 Å². The third-order valence-electron chi connectivity index (χ3n) is 8.06. The lowest BCUT2D eigenvalue weighted by molar-refractivity contribution is -0.123. The van der Waals surface area contributed by atoms with Gasteiger partial charge in [-0.3, -0.25) is 14.4 Å². The molecule has 44 heavy (non-hydrogen) atoms. The number of fused-ring (bicyclic) bond motifs is 8. The molecule has 3 amide bonds. The van der Waals surface area contributed by atoms with Crippen molar-refractivity contribution in [2.45, 2.75) is 31.5 Å². The minimum atomic E-state index is -0.536. The largest absolute Gasteiger partial charge is 0.493 e. The molecular formula is C33H33N3O8. The summed E-state index contributed by atoms with van der Waals surface area (Å²) in [5.41, 5.74) is 1.60. The fourth-order valence-electron chi connectivity index (χ4n) is 5.49. The molecule has 8 rings (SSSR count). The molecule has 2 atom stereocenters. The Labute approximate surface area is 254 Å². The molecule has 0 aromatic heterocycles. The molecule has 1 saturated carbocycles. The highest BCUT2D eigenvalue weighted by molar-refractivity contribution is 5.98. The van der Waals surface area contributed by atoms with Crippen molar-refractivity contribution in [3.63, 3.8) is 0 Å². The van der Waals surface area contributed by atoms with Crippen LogP contribution >= 0.6 is 0 Å². The van der Waals surface area contributed by atoms with Crippen LogP contribution in [-0.4, -0.2) is 74.3 Å². The van der Waals surface area contributed by atoms with Crippen molar-refractivity contribution in [1.82, 2.24) is 15.5 Å². The molecule has 4 bridgehead atoms. The van der Waals surface area contributed by atoms with E-state index in [1.807, 2.05) is 24.3 Å². The number of hydrogen-bond donors (Lipinski definition) is 2. The molecule has 0 radical (unpaired) electrons. The standard InChI is InChI=1S/C33H33N3O8/c37-30-19-43-25-13-22(12-24(14-25)42-18-21-4-5-21)32(38)35-27-16-36(17-29(27)44-23-8-6-20(7-9-23)15-34-30)33(39)26-2-1-3-28-31(26)41-11-10-40-28/h1-3,6-9,12-14,21,27,29H,4-5,10-11,15-19H2,(H,34,37)(H,35,38)/t27-,29-/m0/s1. The Balaban J connectivity index is 1.18. The lowest BCUT2D eigenvalue weighted by Crippen LogP contribution is -2.45. The van der Waals surface area contributed by atoms with Crippen LogP contribution in [0, 0.1) is 5.92 Å². The molecule has 228 valence electrons. The molecule has 4 heterocycles. The van der Waals surface area contributed by atoms with E-state index in [1.54, 1.807) is 41.3 Å². The van der Waals surface area contributed by atoms with Gasteiger partial charge in [0.15, 0.2) is 18.1 Å². The molecule has 2 N–H and O–H groups in total. The van der Waals surface area contributed by atoms with Gasteiger partial charge in [-0.25, -0.2) is 0 Å². The van der Waals surface area contributed by atoms with Gasteiger partial charge in [-0.15, -0.1) is 0 Å². The van der Waals surface area contributed by atoms with Crippen LogP contribution in [0.2, 0.25) is 0 Å². The van der Waals surface area contributed by atoms with Crippen LogP contribution in [0.5, 0.6) is 28.7 Å². The highest BCUT2D eigenvalue weighted by atomic mass is 16.6. The molecule has 0 spiro atoms. The van der Waals surface area contributed by atoms with Crippen LogP contribution in [0.15, 0.2) is 60.7 Å². The van der Waals surface area contributed by atoms with Gasteiger partial charge in [-0.2, -0.15) is 0 Å². The summed E-state index contributed by atoms with van der Waals surface area (Å²) >= 11 is 0. The minimum Gasteiger partial charge on any atom is -0.493 e. The Morgan fingerprint density at radius 2 is 1.77 bits per heavy atom. The van der Waals surface area contributed by atoms with Crippen LogP contribution in [0.1, 0.15) is 39.1 Å². The van der Waals surface area contributed by atoms with Gasteiger partial charge in [0, 0.05) is 24.7 Å². The number of likely N-dealkylation sites (tertiary alicyclic amines) is 1. The molecule has 3 aromatic rings. The second kappa shape index (κ2) is 12.0. The number of amides is 3. The quantitative estimate of drug-likeness (QED) is 0.469. The first-order valence-corrected chi connectivity index (χ1v) is 14.9. The van der Waals surface area contributed by atoms with E-state index >= 15 is 0 Å². The van der Waals surface area contributed by atoms with Crippen molar-refractivity contribution in [2.24, 2.45) is 5.92 Å². The van der Waals surface area contributed by atoms with E-state index in [0.717, 1.165) is 18.4 Å². The smallest absolute Gasteiger partial charge is 0.258 e. The third-order valence-corrected chi connectivity index (χ3v) is 8.06. The number of hydrogen-bond acceptors (Lipinski definition) is 8. The zero-order valence-electron chi connectivity index (χ0n) is 24.1. The Hall–Kier alpha value is -4.93.